The number of nitrogens with two attached hydrogens (primary N) is 1. The van der Waals surface area contributed by atoms with Crippen LogP contribution in [0.4, 0.5) is 0 Å². The molecular formula is C9H23N. The highest BCUT2D eigenvalue weighted by atomic mass is 14.6. The highest BCUT2D eigenvalue weighted by Crippen LogP contribution is 1.95. The normalized spacial score (nSPS) is 6.70. The van der Waals surface area contributed by atoms with Gasteiger partial charge < -0.3 is 5.73 Å². The van der Waals surface area contributed by atoms with Crippen LogP contribution in [0.1, 0.15) is 41.5 Å². The molecule has 0 aliphatic rings. The second kappa shape index (κ2) is 15.8. The molecule has 0 atom stereocenters. The Bertz CT molecular complexity index is 55.7. The van der Waals surface area contributed by atoms with Crippen LogP contribution in [0.2, 0.25) is 0 Å². The van der Waals surface area contributed by atoms with Crippen molar-refractivity contribution >= 4 is 0 Å². The van der Waals surface area contributed by atoms with Gasteiger partial charge in [0.2, 0.25) is 0 Å². The summed E-state index contributed by atoms with van der Waals surface area (Å²) in [5, 5.41) is 0. The monoisotopic (exact) mass is 145 g/mol. The molecule has 0 heterocycles. The number of rotatable bonds is 1. The topological polar surface area (TPSA) is 26.0 Å². The molecule has 10 heavy (non-hydrogen) atoms. The molecule has 0 aromatic heterocycles. The van der Waals surface area contributed by atoms with Gasteiger partial charge in [-0.3, -0.25) is 0 Å². The van der Waals surface area contributed by atoms with E-state index >= 15 is 0 Å². The molecular weight excluding hydrogens is 122 g/mol. The van der Waals surface area contributed by atoms with E-state index in [9.17, 15) is 0 Å². The average Bonchev–Trinajstić information content (AvgIpc) is 1.96. The van der Waals surface area contributed by atoms with Gasteiger partial charge in [0.15, 0.2) is 0 Å². The van der Waals surface area contributed by atoms with Gasteiger partial charge in [-0.25, -0.2) is 0 Å². The zero-order valence-electron chi connectivity index (χ0n) is 8.36. The predicted octanol–water partition coefficient (Wildman–Crippen LogP) is 3.17. The number of allylic oxidation sites excluding steroid dienone is 1. The summed E-state index contributed by atoms with van der Waals surface area (Å²) in [5.41, 5.74) is 6.00. The van der Waals surface area contributed by atoms with Crippen LogP contribution < -0.4 is 5.73 Å². The highest BCUT2D eigenvalue weighted by Gasteiger charge is 1.88. The summed E-state index contributed by atoms with van der Waals surface area (Å²) >= 11 is 0. The first-order chi connectivity index (χ1) is 4.64. The Morgan fingerprint density at radius 1 is 1.10 bits per heavy atom. The summed E-state index contributed by atoms with van der Waals surface area (Å²) in [7, 11) is 0. The van der Waals surface area contributed by atoms with E-state index < -0.39 is 0 Å². The third kappa shape index (κ3) is 25.7. The second-order valence-electron chi connectivity index (χ2n) is 1.73. The maximum Gasteiger partial charge on any atom is 0.00334 e. The fraction of sp³-hybridized carbons (Fsp3) is 0.778. The van der Waals surface area contributed by atoms with Gasteiger partial charge in [-0.05, 0) is 5.92 Å². The van der Waals surface area contributed by atoms with Crippen molar-refractivity contribution in [3.8, 4) is 0 Å². The van der Waals surface area contributed by atoms with E-state index in [-0.39, 0.29) is 0 Å². The lowest BCUT2D eigenvalue weighted by molar-refractivity contribution is 0.761. The average molecular weight is 145 g/mol. The maximum absolute atomic E-state index is 5.24. The summed E-state index contributed by atoms with van der Waals surface area (Å²) in [6.45, 7) is 15.6. The number of hydrogen-bond acceptors (Lipinski definition) is 1. The van der Waals surface area contributed by atoms with Gasteiger partial charge in [0.1, 0.15) is 0 Å². The third-order valence-electron chi connectivity index (χ3n) is 0.742. The van der Waals surface area contributed by atoms with E-state index in [1.54, 1.807) is 0 Å². The molecule has 1 nitrogen and oxygen atoms in total. The van der Waals surface area contributed by atoms with Crippen molar-refractivity contribution in [2.24, 2.45) is 11.7 Å². The van der Waals surface area contributed by atoms with Gasteiger partial charge in [-0.1, -0.05) is 48.1 Å². The van der Waals surface area contributed by atoms with Crippen LogP contribution in [0.25, 0.3) is 0 Å². The van der Waals surface area contributed by atoms with E-state index in [0.717, 1.165) is 5.70 Å². The van der Waals surface area contributed by atoms with Crippen LogP contribution >= 0.6 is 0 Å². The molecule has 0 saturated carbocycles. The summed E-state index contributed by atoms with van der Waals surface area (Å²) in [4.78, 5) is 0. The quantitative estimate of drug-likeness (QED) is 0.602. The van der Waals surface area contributed by atoms with Crippen molar-refractivity contribution in [1.29, 1.82) is 0 Å². The summed E-state index contributed by atoms with van der Waals surface area (Å²) < 4.78 is 0. The molecule has 0 aliphatic heterocycles. The molecule has 2 N–H and O–H groups in total. The van der Waals surface area contributed by atoms with Crippen LogP contribution in [-0.2, 0) is 0 Å². The predicted molar refractivity (Wildman–Crippen MR) is 50.9 cm³/mol. The SMILES string of the molecule is C=C(N)C(C)C.CC.CC. The lowest BCUT2D eigenvalue weighted by atomic mass is 10.2. The van der Waals surface area contributed by atoms with Crippen molar-refractivity contribution in [1.82, 2.24) is 0 Å². The lowest BCUT2D eigenvalue weighted by Gasteiger charge is -1.98. The molecule has 0 aromatic rings. The van der Waals surface area contributed by atoms with E-state index in [0.29, 0.717) is 5.92 Å². The molecule has 64 valence electrons. The highest BCUT2D eigenvalue weighted by molar-refractivity contribution is 4.88. The van der Waals surface area contributed by atoms with Crippen LogP contribution in [0.5, 0.6) is 0 Å². The Morgan fingerprint density at radius 2 is 1.20 bits per heavy atom. The van der Waals surface area contributed by atoms with E-state index in [2.05, 4.69) is 6.58 Å². The van der Waals surface area contributed by atoms with Crippen LogP contribution in [0.15, 0.2) is 12.3 Å². The van der Waals surface area contributed by atoms with Gasteiger partial charge in [0.25, 0.3) is 0 Å². The Hall–Kier alpha value is -0.460. The zero-order valence-corrected chi connectivity index (χ0v) is 8.36. The molecule has 0 aromatic carbocycles. The zero-order chi connectivity index (χ0) is 9.15. The summed E-state index contributed by atoms with van der Waals surface area (Å²) in [6, 6.07) is 0. The van der Waals surface area contributed by atoms with Gasteiger partial charge in [-0.2, -0.15) is 0 Å². The van der Waals surface area contributed by atoms with E-state index in [4.69, 9.17) is 5.73 Å². The molecule has 0 bridgehead atoms. The van der Waals surface area contributed by atoms with Crippen LogP contribution in [0.3, 0.4) is 0 Å². The third-order valence-corrected chi connectivity index (χ3v) is 0.742. The minimum absolute atomic E-state index is 0.435. The Balaban J connectivity index is -0.000000105. The molecule has 0 unspecified atom stereocenters. The van der Waals surface area contributed by atoms with Gasteiger partial charge >= 0.3 is 0 Å². The minimum atomic E-state index is 0.435. The molecule has 0 rings (SSSR count). The van der Waals surface area contributed by atoms with Gasteiger partial charge in [-0.15, -0.1) is 0 Å². The van der Waals surface area contributed by atoms with Crippen molar-refractivity contribution in [2.45, 2.75) is 41.5 Å². The van der Waals surface area contributed by atoms with Gasteiger partial charge in [0.05, 0.1) is 0 Å². The molecule has 0 saturated heterocycles. The Kier molecular flexibility index (Phi) is 25.7. The Morgan fingerprint density at radius 3 is 1.20 bits per heavy atom. The van der Waals surface area contributed by atoms with Crippen molar-refractivity contribution in [2.75, 3.05) is 0 Å². The minimum Gasteiger partial charge on any atom is -0.402 e. The first kappa shape index (κ1) is 16.3. The molecule has 0 spiro atoms. The van der Waals surface area contributed by atoms with E-state index in [1.807, 2.05) is 41.5 Å². The maximum atomic E-state index is 5.24. The lowest BCUT2D eigenvalue weighted by Crippen LogP contribution is -2.01. The molecule has 1 heteroatoms. The smallest absolute Gasteiger partial charge is 0.00334 e. The van der Waals surface area contributed by atoms with Crippen LogP contribution in [-0.4, -0.2) is 0 Å². The molecule has 0 fully saturated rings. The van der Waals surface area contributed by atoms with E-state index in [1.165, 1.54) is 0 Å². The first-order valence-corrected chi connectivity index (χ1v) is 4.09. The van der Waals surface area contributed by atoms with Crippen molar-refractivity contribution in [3.63, 3.8) is 0 Å². The largest absolute Gasteiger partial charge is 0.402 e. The van der Waals surface area contributed by atoms with Crippen LogP contribution in [0, 0.1) is 5.92 Å². The summed E-state index contributed by atoms with van der Waals surface area (Å²) in [5.74, 6) is 0.435. The fourth-order valence-electron chi connectivity index (χ4n) is 0. The Labute approximate surface area is 66.3 Å². The van der Waals surface area contributed by atoms with Crippen molar-refractivity contribution in [3.05, 3.63) is 12.3 Å². The second-order valence-corrected chi connectivity index (χ2v) is 1.73. The van der Waals surface area contributed by atoms with Gasteiger partial charge in [0, 0.05) is 5.70 Å². The number of hydrogen-bond donors (Lipinski definition) is 1. The molecule has 0 amide bonds. The molecule has 0 aliphatic carbocycles. The standard InChI is InChI=1S/C5H11N.2C2H6/c1-4(2)5(3)6;2*1-2/h4H,3,6H2,1-2H3;2*1-2H3. The fourth-order valence-corrected chi connectivity index (χ4v) is 0. The van der Waals surface area contributed by atoms with Crippen molar-refractivity contribution < 1.29 is 0 Å². The first-order valence-electron chi connectivity index (χ1n) is 4.09. The molecule has 0 radical (unpaired) electrons. The summed E-state index contributed by atoms with van der Waals surface area (Å²) in [6.07, 6.45) is 0.